The zero-order chi connectivity index (χ0) is 19.8. The van der Waals surface area contributed by atoms with Gasteiger partial charge in [-0.05, 0) is 42.0 Å². The molecule has 1 atom stereocenters. The van der Waals surface area contributed by atoms with Gasteiger partial charge < -0.3 is 19.5 Å². The van der Waals surface area contributed by atoms with Crippen LogP contribution in [0.15, 0.2) is 48.5 Å². The fraction of sp³-hybridized carbons (Fsp3) is 0.333. The Kier molecular flexibility index (Phi) is 7.37. The third-order valence-electron chi connectivity index (χ3n) is 4.35. The van der Waals surface area contributed by atoms with Gasteiger partial charge in [0.1, 0.15) is 11.5 Å². The van der Waals surface area contributed by atoms with E-state index in [-0.39, 0.29) is 31.1 Å². The lowest BCUT2D eigenvalue weighted by Gasteiger charge is -2.21. The third kappa shape index (κ3) is 5.82. The quantitative estimate of drug-likeness (QED) is 0.686. The van der Waals surface area contributed by atoms with Crippen LogP contribution < -0.4 is 9.47 Å². The first-order valence-corrected chi connectivity index (χ1v) is 8.68. The van der Waals surface area contributed by atoms with E-state index in [1.807, 2.05) is 0 Å². The molecule has 0 aliphatic rings. The van der Waals surface area contributed by atoms with Crippen molar-refractivity contribution < 1.29 is 24.2 Å². The van der Waals surface area contributed by atoms with Gasteiger partial charge in [-0.15, -0.1) is 0 Å². The molecular weight excluding hydrogens is 346 g/mol. The van der Waals surface area contributed by atoms with Crippen LogP contribution in [0.5, 0.6) is 11.5 Å². The Morgan fingerprint density at radius 1 is 0.926 bits per heavy atom. The Morgan fingerprint density at radius 3 is 1.96 bits per heavy atom. The van der Waals surface area contributed by atoms with E-state index >= 15 is 0 Å². The summed E-state index contributed by atoms with van der Waals surface area (Å²) in [4.78, 5) is 25.9. The first kappa shape index (κ1) is 20.5. The van der Waals surface area contributed by atoms with Crippen LogP contribution in [0.3, 0.4) is 0 Å². The number of ketones is 1. The number of carbonyl (C=O) groups is 2. The van der Waals surface area contributed by atoms with Crippen LogP contribution in [0.4, 0.5) is 0 Å². The lowest BCUT2D eigenvalue weighted by Crippen LogP contribution is -2.31. The lowest BCUT2D eigenvalue weighted by atomic mass is 10.1. The average molecular weight is 371 g/mol. The second-order valence-corrected chi connectivity index (χ2v) is 6.21. The summed E-state index contributed by atoms with van der Waals surface area (Å²) in [5, 5.41) is 10.3. The number of Topliss-reactive ketones (excluding diaryl/α,β-unsaturated/α-hetero) is 1. The summed E-state index contributed by atoms with van der Waals surface area (Å²) in [7, 11) is 4.75. The summed E-state index contributed by atoms with van der Waals surface area (Å²) in [5.74, 6) is 1.09. The molecular formula is C21H25NO5. The Morgan fingerprint density at radius 2 is 1.44 bits per heavy atom. The second kappa shape index (κ2) is 9.73. The number of nitrogens with zero attached hydrogens (tertiary/aromatic N) is 1. The summed E-state index contributed by atoms with van der Waals surface area (Å²) in [6, 6.07) is 13.8. The van der Waals surface area contributed by atoms with Gasteiger partial charge in [-0.3, -0.25) is 9.59 Å². The monoisotopic (exact) mass is 371 g/mol. The molecule has 6 heteroatoms. The number of hydrogen-bond donors (Lipinski definition) is 1. The standard InChI is InChI=1S/C21H25NO5/c1-22(14-20(24)16-6-10-18(27-3)11-7-16)21(25)13-12-19(23)15-4-8-17(26-2)9-5-15/h4-11,20,24H,12-14H2,1-3H3. The molecule has 6 nitrogen and oxygen atoms in total. The molecule has 1 N–H and O–H groups in total. The number of hydrogen-bond acceptors (Lipinski definition) is 5. The van der Waals surface area contributed by atoms with Gasteiger partial charge in [0, 0.05) is 25.5 Å². The van der Waals surface area contributed by atoms with Crippen LogP contribution >= 0.6 is 0 Å². The van der Waals surface area contributed by atoms with E-state index in [0.717, 1.165) is 0 Å². The molecule has 1 amide bonds. The minimum absolute atomic E-state index is 0.0939. The summed E-state index contributed by atoms with van der Waals surface area (Å²) >= 11 is 0. The minimum Gasteiger partial charge on any atom is -0.497 e. The van der Waals surface area contributed by atoms with E-state index in [4.69, 9.17) is 9.47 Å². The lowest BCUT2D eigenvalue weighted by molar-refractivity contribution is -0.131. The zero-order valence-corrected chi connectivity index (χ0v) is 15.8. The number of ether oxygens (including phenoxy) is 2. The van der Waals surface area contributed by atoms with Gasteiger partial charge in [0.15, 0.2) is 5.78 Å². The highest BCUT2D eigenvalue weighted by atomic mass is 16.5. The molecule has 0 bridgehead atoms. The molecule has 0 aliphatic carbocycles. The summed E-state index contributed by atoms with van der Waals surface area (Å²) in [5.41, 5.74) is 1.24. The molecule has 2 rings (SSSR count). The van der Waals surface area contributed by atoms with E-state index in [1.54, 1.807) is 69.8 Å². The molecule has 0 saturated heterocycles. The van der Waals surface area contributed by atoms with Crippen LogP contribution in [-0.2, 0) is 4.79 Å². The van der Waals surface area contributed by atoms with Crippen molar-refractivity contribution in [3.63, 3.8) is 0 Å². The van der Waals surface area contributed by atoms with E-state index in [9.17, 15) is 14.7 Å². The number of amides is 1. The van der Waals surface area contributed by atoms with Crippen LogP contribution in [-0.4, -0.2) is 49.5 Å². The molecule has 2 aromatic rings. The van der Waals surface area contributed by atoms with Crippen molar-refractivity contribution in [2.45, 2.75) is 18.9 Å². The highest BCUT2D eigenvalue weighted by Crippen LogP contribution is 2.19. The van der Waals surface area contributed by atoms with Crippen molar-refractivity contribution in [1.29, 1.82) is 0 Å². The average Bonchev–Trinajstić information content (AvgIpc) is 2.71. The SMILES string of the molecule is COc1ccc(C(=O)CCC(=O)N(C)CC(O)c2ccc(OC)cc2)cc1. The maximum atomic E-state index is 12.3. The Hall–Kier alpha value is -2.86. The number of benzene rings is 2. The van der Waals surface area contributed by atoms with Crippen molar-refractivity contribution in [2.75, 3.05) is 27.8 Å². The number of carbonyl (C=O) groups excluding carboxylic acids is 2. The molecule has 144 valence electrons. The van der Waals surface area contributed by atoms with Crippen LogP contribution in [0.2, 0.25) is 0 Å². The molecule has 0 aromatic heterocycles. The van der Waals surface area contributed by atoms with Crippen molar-refractivity contribution in [3.05, 3.63) is 59.7 Å². The van der Waals surface area contributed by atoms with Gasteiger partial charge in [0.2, 0.25) is 5.91 Å². The topological polar surface area (TPSA) is 76.1 Å². The molecule has 0 fully saturated rings. The zero-order valence-electron chi connectivity index (χ0n) is 15.8. The second-order valence-electron chi connectivity index (χ2n) is 6.21. The Balaban J connectivity index is 1.84. The van der Waals surface area contributed by atoms with Crippen molar-refractivity contribution in [2.24, 2.45) is 0 Å². The van der Waals surface area contributed by atoms with Gasteiger partial charge in [0.25, 0.3) is 0 Å². The number of aliphatic hydroxyl groups is 1. The highest BCUT2D eigenvalue weighted by Gasteiger charge is 2.17. The predicted octanol–water partition coefficient (Wildman–Crippen LogP) is 2.86. The van der Waals surface area contributed by atoms with E-state index in [2.05, 4.69) is 0 Å². The number of aliphatic hydroxyl groups excluding tert-OH is 1. The summed E-state index contributed by atoms with van der Waals surface area (Å²) in [6.07, 6.45) is -0.590. The van der Waals surface area contributed by atoms with Crippen molar-refractivity contribution >= 4 is 11.7 Å². The van der Waals surface area contributed by atoms with Crippen LogP contribution in [0.1, 0.15) is 34.9 Å². The first-order valence-electron chi connectivity index (χ1n) is 8.68. The molecule has 0 heterocycles. The Bertz CT molecular complexity index is 755. The highest BCUT2D eigenvalue weighted by molar-refractivity contribution is 5.98. The molecule has 2 aromatic carbocycles. The first-order chi connectivity index (χ1) is 12.9. The van der Waals surface area contributed by atoms with Gasteiger partial charge in [-0.2, -0.15) is 0 Å². The predicted molar refractivity (Wildman–Crippen MR) is 102 cm³/mol. The molecule has 1 unspecified atom stereocenters. The molecule has 0 spiro atoms. The maximum Gasteiger partial charge on any atom is 0.222 e. The molecule has 0 radical (unpaired) electrons. The number of rotatable bonds is 9. The van der Waals surface area contributed by atoms with Crippen molar-refractivity contribution in [3.8, 4) is 11.5 Å². The number of likely N-dealkylation sites (N-methyl/N-ethyl adjacent to an activating group) is 1. The normalized spacial score (nSPS) is 11.6. The minimum atomic E-state index is -0.804. The van der Waals surface area contributed by atoms with E-state index < -0.39 is 6.10 Å². The van der Waals surface area contributed by atoms with E-state index in [1.165, 1.54) is 4.90 Å². The van der Waals surface area contributed by atoms with Gasteiger partial charge in [0.05, 0.1) is 26.9 Å². The van der Waals surface area contributed by atoms with Crippen LogP contribution in [0, 0.1) is 0 Å². The largest absolute Gasteiger partial charge is 0.497 e. The fourth-order valence-corrected chi connectivity index (χ4v) is 2.63. The van der Waals surface area contributed by atoms with Gasteiger partial charge in [-0.1, -0.05) is 12.1 Å². The fourth-order valence-electron chi connectivity index (χ4n) is 2.63. The maximum absolute atomic E-state index is 12.3. The summed E-state index contributed by atoms with van der Waals surface area (Å²) < 4.78 is 10.1. The molecule has 0 saturated carbocycles. The van der Waals surface area contributed by atoms with E-state index in [0.29, 0.717) is 22.6 Å². The van der Waals surface area contributed by atoms with Gasteiger partial charge >= 0.3 is 0 Å². The molecule has 27 heavy (non-hydrogen) atoms. The van der Waals surface area contributed by atoms with Gasteiger partial charge in [-0.25, -0.2) is 0 Å². The third-order valence-corrected chi connectivity index (χ3v) is 4.35. The summed E-state index contributed by atoms with van der Waals surface area (Å²) in [6.45, 7) is 0.155. The van der Waals surface area contributed by atoms with Crippen LogP contribution in [0.25, 0.3) is 0 Å². The number of methoxy groups -OCH3 is 2. The van der Waals surface area contributed by atoms with Crippen molar-refractivity contribution in [1.82, 2.24) is 4.90 Å². The smallest absolute Gasteiger partial charge is 0.222 e. The Labute approximate surface area is 159 Å². The molecule has 0 aliphatic heterocycles.